The third kappa shape index (κ3) is 10.9. The van der Waals surface area contributed by atoms with Crippen LogP contribution in [0.4, 0.5) is 11.4 Å². The number of anilines is 2. The predicted molar refractivity (Wildman–Crippen MR) is 189 cm³/mol. The molecule has 0 bridgehead atoms. The molecule has 0 unspecified atom stereocenters. The van der Waals surface area contributed by atoms with Crippen molar-refractivity contribution in [3.63, 3.8) is 0 Å². The summed E-state index contributed by atoms with van der Waals surface area (Å²) in [6.07, 6.45) is 5.94. The van der Waals surface area contributed by atoms with Crippen LogP contribution in [0.5, 0.6) is 0 Å². The van der Waals surface area contributed by atoms with Crippen molar-refractivity contribution in [1.82, 2.24) is 10.3 Å². The Labute approximate surface area is 286 Å². The second kappa shape index (κ2) is 18.4. The molecule has 4 aromatic rings. The van der Waals surface area contributed by atoms with Crippen molar-refractivity contribution >= 4 is 35.0 Å². The molecule has 48 heavy (non-hydrogen) atoms. The molecule has 5 N–H and O–H groups in total. The number of aliphatic hydroxyl groups is 1. The van der Waals surface area contributed by atoms with E-state index >= 15 is 0 Å². The molecule has 3 aromatic carbocycles. The molecule has 5 rings (SSSR count). The Morgan fingerprint density at radius 3 is 2.21 bits per heavy atom. The van der Waals surface area contributed by atoms with Crippen molar-refractivity contribution in [2.45, 2.75) is 81.6 Å². The maximum absolute atomic E-state index is 12.5. The first-order chi connectivity index (χ1) is 23.5. The van der Waals surface area contributed by atoms with E-state index in [-0.39, 0.29) is 30.6 Å². The number of carbonyl (C=O) groups is 2. The smallest absolute Gasteiger partial charge is 0.224 e. The van der Waals surface area contributed by atoms with E-state index in [1.54, 1.807) is 30.1 Å². The number of benzene rings is 3. The van der Waals surface area contributed by atoms with Crippen LogP contribution in [0.3, 0.4) is 0 Å². The quantitative estimate of drug-likeness (QED) is 0.0565. The van der Waals surface area contributed by atoms with Crippen LogP contribution in [0.2, 0.25) is 0 Å². The zero-order valence-electron chi connectivity index (χ0n) is 27.1. The van der Waals surface area contributed by atoms with Gasteiger partial charge in [0, 0.05) is 43.3 Å². The summed E-state index contributed by atoms with van der Waals surface area (Å²) in [6.45, 7) is 0.444. The van der Waals surface area contributed by atoms with E-state index in [0.717, 1.165) is 58.7 Å². The minimum atomic E-state index is -0.540. The minimum Gasteiger partial charge on any atom is -0.397 e. The Bertz CT molecular complexity index is 1590. The van der Waals surface area contributed by atoms with Gasteiger partial charge in [0.05, 0.1) is 35.2 Å². The van der Waals surface area contributed by atoms with Crippen LogP contribution in [-0.2, 0) is 32.2 Å². The van der Waals surface area contributed by atoms with E-state index in [4.69, 9.17) is 15.2 Å². The van der Waals surface area contributed by atoms with Crippen LogP contribution in [-0.4, -0.2) is 33.8 Å². The number of nitrogens with two attached hydrogens (primary N) is 1. The molecular formula is C38H44N4O5S. The van der Waals surface area contributed by atoms with Crippen LogP contribution < -0.4 is 16.4 Å². The van der Waals surface area contributed by atoms with Gasteiger partial charge < -0.3 is 30.9 Å². The molecule has 0 saturated carbocycles. The van der Waals surface area contributed by atoms with E-state index < -0.39 is 6.29 Å². The fraction of sp³-hybridized carbons (Fsp3) is 0.342. The second-order valence-electron chi connectivity index (χ2n) is 11.9. The summed E-state index contributed by atoms with van der Waals surface area (Å²) in [6, 6.07) is 29.0. The molecule has 9 nitrogen and oxygen atoms in total. The summed E-state index contributed by atoms with van der Waals surface area (Å²) >= 11 is 1.67. The van der Waals surface area contributed by atoms with Crippen molar-refractivity contribution in [1.29, 1.82) is 0 Å². The third-order valence-electron chi connectivity index (χ3n) is 8.20. The van der Waals surface area contributed by atoms with Gasteiger partial charge in [-0.25, -0.2) is 4.98 Å². The number of nitrogens with zero attached hydrogens (tertiary/aromatic N) is 1. The van der Waals surface area contributed by atoms with Crippen molar-refractivity contribution in [2.24, 2.45) is 0 Å². The summed E-state index contributed by atoms with van der Waals surface area (Å²) < 4.78 is 12.9. The maximum atomic E-state index is 12.5. The van der Waals surface area contributed by atoms with Crippen molar-refractivity contribution in [3.05, 3.63) is 119 Å². The first-order valence-corrected chi connectivity index (χ1v) is 17.5. The molecule has 1 fully saturated rings. The van der Waals surface area contributed by atoms with Gasteiger partial charge >= 0.3 is 0 Å². The highest BCUT2D eigenvalue weighted by atomic mass is 32.2. The molecule has 1 aromatic heterocycles. The fourth-order valence-corrected chi connectivity index (χ4v) is 6.34. The van der Waals surface area contributed by atoms with Crippen LogP contribution >= 0.6 is 11.8 Å². The summed E-state index contributed by atoms with van der Waals surface area (Å²) in [7, 11) is 0. The van der Waals surface area contributed by atoms with E-state index in [2.05, 4.69) is 15.6 Å². The predicted octanol–water partition coefficient (Wildman–Crippen LogP) is 7.09. The Balaban J connectivity index is 1.05. The summed E-state index contributed by atoms with van der Waals surface area (Å²) in [5.74, 6) is 0.704. The van der Waals surface area contributed by atoms with Crippen LogP contribution in [0.15, 0.2) is 102 Å². The molecule has 1 aliphatic heterocycles. The molecule has 0 radical (unpaired) electrons. The SMILES string of the molecule is Nc1ccccc1NC(=O)CCCCCCC(=O)NCc1ccc([C@@H]2O[C@H](CSc3ccccn3)C[C@H](c3ccc(CO)cc3)O2)cc1. The lowest BCUT2D eigenvalue weighted by atomic mass is 10.0. The Kier molecular flexibility index (Phi) is 13.4. The Morgan fingerprint density at radius 2 is 1.50 bits per heavy atom. The molecule has 2 amide bonds. The molecule has 1 saturated heterocycles. The summed E-state index contributed by atoms with van der Waals surface area (Å²) in [4.78, 5) is 29.1. The molecule has 10 heteroatoms. The molecule has 3 atom stereocenters. The molecule has 0 spiro atoms. The largest absolute Gasteiger partial charge is 0.397 e. The number of aliphatic hydroxyl groups excluding tert-OH is 1. The zero-order chi connectivity index (χ0) is 33.6. The van der Waals surface area contributed by atoms with E-state index in [1.165, 1.54) is 0 Å². The van der Waals surface area contributed by atoms with Gasteiger partial charge in [-0.15, -0.1) is 11.8 Å². The number of nitrogens with one attached hydrogen (secondary N) is 2. The minimum absolute atomic E-state index is 0.00166. The van der Waals surface area contributed by atoms with Gasteiger partial charge in [-0.1, -0.05) is 79.6 Å². The number of pyridine rings is 1. The molecule has 2 heterocycles. The number of thioether (sulfide) groups is 1. The zero-order valence-corrected chi connectivity index (χ0v) is 27.9. The maximum Gasteiger partial charge on any atom is 0.224 e. The number of ether oxygens (including phenoxy) is 2. The molecule has 252 valence electrons. The van der Waals surface area contributed by atoms with Gasteiger partial charge in [-0.2, -0.15) is 0 Å². The molecule has 0 aliphatic carbocycles. The van der Waals surface area contributed by atoms with Crippen molar-refractivity contribution in [3.8, 4) is 0 Å². The topological polar surface area (TPSA) is 136 Å². The first-order valence-electron chi connectivity index (χ1n) is 16.5. The summed E-state index contributed by atoms with van der Waals surface area (Å²) in [5.41, 5.74) is 10.9. The number of unbranched alkanes of at least 4 members (excludes halogenated alkanes) is 3. The van der Waals surface area contributed by atoms with E-state index in [9.17, 15) is 14.7 Å². The van der Waals surface area contributed by atoms with Crippen molar-refractivity contribution < 1.29 is 24.2 Å². The van der Waals surface area contributed by atoms with E-state index in [1.807, 2.05) is 78.9 Å². The highest BCUT2D eigenvalue weighted by Gasteiger charge is 2.32. The standard InChI is InChI=1S/C38H44N4O5S/c39-32-9-5-6-10-33(32)42-36(45)12-4-2-1-3-11-35(44)41-24-27-14-20-30(21-15-27)38-46-31(26-48-37-13-7-8-22-40-37)23-34(47-38)29-18-16-28(25-43)17-19-29/h5-10,13-22,31,34,38,43H,1-4,11-12,23-26,39H2,(H,41,44)(H,42,45)/t31-,34+,38+/m0/s1. The second-order valence-corrected chi connectivity index (χ2v) is 12.9. The summed E-state index contributed by atoms with van der Waals surface area (Å²) in [5, 5.41) is 16.3. The lowest BCUT2D eigenvalue weighted by Gasteiger charge is -2.36. The highest BCUT2D eigenvalue weighted by Crippen LogP contribution is 2.39. The Morgan fingerprint density at radius 1 is 0.812 bits per heavy atom. The number of hydrogen-bond acceptors (Lipinski definition) is 8. The van der Waals surface area contributed by atoms with Gasteiger partial charge in [0.2, 0.25) is 11.8 Å². The van der Waals surface area contributed by atoms with Crippen LogP contribution in [0.25, 0.3) is 0 Å². The first kappa shape index (κ1) is 35.1. The molecular weight excluding hydrogens is 625 g/mol. The van der Waals surface area contributed by atoms with Gasteiger partial charge in [-0.05, 0) is 53.8 Å². The number of amides is 2. The van der Waals surface area contributed by atoms with Crippen LogP contribution in [0, 0.1) is 0 Å². The van der Waals surface area contributed by atoms with Gasteiger partial charge in [-0.3, -0.25) is 9.59 Å². The average molecular weight is 669 g/mol. The number of rotatable bonds is 16. The van der Waals surface area contributed by atoms with Gasteiger partial charge in [0.25, 0.3) is 0 Å². The third-order valence-corrected chi connectivity index (χ3v) is 9.28. The molecule has 1 aliphatic rings. The average Bonchev–Trinajstić information content (AvgIpc) is 3.13. The number of nitrogen functional groups attached to an aromatic ring is 1. The number of aromatic nitrogens is 1. The number of hydrogen-bond donors (Lipinski definition) is 4. The number of para-hydroxylation sites is 2. The van der Waals surface area contributed by atoms with Gasteiger partial charge in [0.1, 0.15) is 0 Å². The van der Waals surface area contributed by atoms with Crippen LogP contribution in [0.1, 0.15) is 79.6 Å². The number of carbonyl (C=O) groups excluding carboxylic acids is 2. The lowest BCUT2D eigenvalue weighted by molar-refractivity contribution is -0.245. The van der Waals surface area contributed by atoms with Gasteiger partial charge in [0.15, 0.2) is 6.29 Å². The highest BCUT2D eigenvalue weighted by molar-refractivity contribution is 7.99. The van der Waals surface area contributed by atoms with Crippen molar-refractivity contribution in [2.75, 3.05) is 16.8 Å². The monoisotopic (exact) mass is 668 g/mol. The van der Waals surface area contributed by atoms with E-state index in [0.29, 0.717) is 37.2 Å². The Hall–Kier alpha value is -4.22. The normalized spacial score (nSPS) is 17.5. The fourth-order valence-electron chi connectivity index (χ4n) is 5.46. The lowest BCUT2D eigenvalue weighted by Crippen LogP contribution is -2.31.